The van der Waals surface area contributed by atoms with Crippen LogP contribution in [0.1, 0.15) is 6.92 Å². The van der Waals surface area contributed by atoms with Gasteiger partial charge in [0.15, 0.2) is 5.78 Å². The molecule has 64 valence electrons. The molecular weight excluding hydrogens is 156 g/mol. The van der Waals surface area contributed by atoms with Gasteiger partial charge in [-0.05, 0) is 13.0 Å². The normalized spacial score (nSPS) is 27.3. The first-order valence-corrected chi connectivity index (χ1v) is 3.60. The minimum Gasteiger partial charge on any atom is -0.468 e. The quantitative estimate of drug-likeness (QED) is 0.428. The molecule has 0 heterocycles. The Hall–Kier alpha value is -1.38. The van der Waals surface area contributed by atoms with E-state index in [1.54, 1.807) is 25.2 Å². The van der Waals surface area contributed by atoms with Gasteiger partial charge in [-0.3, -0.25) is 9.59 Å². The molecule has 3 heteroatoms. The maximum atomic E-state index is 11.3. The lowest BCUT2D eigenvalue weighted by atomic mass is 9.83. The van der Waals surface area contributed by atoms with Crippen molar-refractivity contribution >= 4 is 11.8 Å². The number of hydrogen-bond acceptors (Lipinski definition) is 3. The predicted molar refractivity (Wildman–Crippen MR) is 43.4 cm³/mol. The van der Waals surface area contributed by atoms with E-state index < -0.39 is 11.4 Å². The molecule has 1 unspecified atom stereocenters. The van der Waals surface area contributed by atoms with Gasteiger partial charge in [0.05, 0.1) is 7.11 Å². The van der Waals surface area contributed by atoms with Gasteiger partial charge >= 0.3 is 5.97 Å². The van der Waals surface area contributed by atoms with Crippen LogP contribution in [-0.4, -0.2) is 18.9 Å². The van der Waals surface area contributed by atoms with Crippen LogP contribution >= 0.6 is 0 Å². The van der Waals surface area contributed by atoms with Gasteiger partial charge in [0.1, 0.15) is 5.41 Å². The molecule has 3 nitrogen and oxygen atoms in total. The van der Waals surface area contributed by atoms with Crippen LogP contribution in [-0.2, 0) is 14.3 Å². The highest BCUT2D eigenvalue weighted by Gasteiger charge is 2.38. The topological polar surface area (TPSA) is 43.4 Å². The third-order valence-electron chi connectivity index (χ3n) is 1.91. The summed E-state index contributed by atoms with van der Waals surface area (Å²) in [6.07, 6.45) is 6.18. The number of hydrogen-bond donors (Lipinski definition) is 0. The summed E-state index contributed by atoms with van der Waals surface area (Å²) in [6.45, 7) is 1.54. The summed E-state index contributed by atoms with van der Waals surface area (Å²) in [5.41, 5.74) is -1.12. The Bertz CT molecular complexity index is 275. The highest BCUT2D eigenvalue weighted by Crippen LogP contribution is 2.24. The molecule has 0 saturated carbocycles. The number of carbonyl (C=O) groups is 2. The molecule has 0 fully saturated rings. The van der Waals surface area contributed by atoms with Gasteiger partial charge < -0.3 is 4.74 Å². The lowest BCUT2D eigenvalue weighted by Crippen LogP contribution is -2.35. The number of methoxy groups -OCH3 is 1. The fourth-order valence-corrected chi connectivity index (χ4v) is 1.03. The van der Waals surface area contributed by atoms with Crippen LogP contribution in [0.3, 0.4) is 0 Å². The van der Waals surface area contributed by atoms with Crippen molar-refractivity contribution in [3.63, 3.8) is 0 Å². The van der Waals surface area contributed by atoms with Crippen LogP contribution in [0.5, 0.6) is 0 Å². The van der Waals surface area contributed by atoms with Crippen molar-refractivity contribution in [2.75, 3.05) is 7.11 Å². The molecular formula is C9H10O3. The van der Waals surface area contributed by atoms with Crippen LogP contribution in [0.2, 0.25) is 0 Å². The summed E-state index contributed by atoms with van der Waals surface area (Å²) < 4.78 is 4.52. The third-order valence-corrected chi connectivity index (χ3v) is 1.91. The number of rotatable bonds is 1. The summed E-state index contributed by atoms with van der Waals surface area (Å²) >= 11 is 0. The fourth-order valence-electron chi connectivity index (χ4n) is 1.03. The molecule has 0 aromatic carbocycles. The van der Waals surface area contributed by atoms with E-state index in [0.29, 0.717) is 0 Å². The molecule has 1 atom stereocenters. The average Bonchev–Trinajstić information content (AvgIpc) is 2.09. The van der Waals surface area contributed by atoms with Crippen LogP contribution in [0.4, 0.5) is 0 Å². The zero-order valence-corrected chi connectivity index (χ0v) is 7.03. The van der Waals surface area contributed by atoms with Gasteiger partial charge in [-0.2, -0.15) is 0 Å². The second-order valence-electron chi connectivity index (χ2n) is 2.78. The van der Waals surface area contributed by atoms with Gasteiger partial charge in [-0.1, -0.05) is 18.2 Å². The molecule has 0 amide bonds. The van der Waals surface area contributed by atoms with Gasteiger partial charge in [0, 0.05) is 0 Å². The van der Waals surface area contributed by atoms with Crippen LogP contribution in [0.15, 0.2) is 24.3 Å². The minimum atomic E-state index is -1.12. The van der Waals surface area contributed by atoms with Gasteiger partial charge in [-0.25, -0.2) is 0 Å². The van der Waals surface area contributed by atoms with Crippen LogP contribution < -0.4 is 0 Å². The van der Waals surface area contributed by atoms with Gasteiger partial charge in [0.25, 0.3) is 0 Å². The molecule has 0 saturated heterocycles. The van der Waals surface area contributed by atoms with Crippen molar-refractivity contribution in [2.45, 2.75) is 6.92 Å². The first-order chi connectivity index (χ1) is 5.61. The maximum Gasteiger partial charge on any atom is 0.323 e. The molecule has 0 spiro atoms. The van der Waals surface area contributed by atoms with E-state index in [4.69, 9.17) is 0 Å². The largest absolute Gasteiger partial charge is 0.468 e. The Labute approximate surface area is 70.7 Å². The zero-order valence-electron chi connectivity index (χ0n) is 7.03. The van der Waals surface area contributed by atoms with Crippen molar-refractivity contribution in [2.24, 2.45) is 5.41 Å². The summed E-state index contributed by atoms with van der Waals surface area (Å²) in [6, 6.07) is 0. The number of allylic oxidation sites excluding steroid dienone is 3. The second-order valence-corrected chi connectivity index (χ2v) is 2.78. The summed E-state index contributed by atoms with van der Waals surface area (Å²) in [7, 11) is 1.27. The zero-order chi connectivity index (χ0) is 9.19. The molecule has 12 heavy (non-hydrogen) atoms. The maximum absolute atomic E-state index is 11.3. The summed E-state index contributed by atoms with van der Waals surface area (Å²) in [5, 5.41) is 0. The monoisotopic (exact) mass is 166 g/mol. The molecule has 0 aromatic rings. The smallest absolute Gasteiger partial charge is 0.323 e. The molecule has 1 rings (SSSR count). The first-order valence-electron chi connectivity index (χ1n) is 3.60. The van der Waals surface area contributed by atoms with E-state index in [2.05, 4.69) is 4.74 Å². The van der Waals surface area contributed by atoms with Gasteiger partial charge in [-0.15, -0.1) is 0 Å². The molecule has 0 aliphatic heterocycles. The minimum absolute atomic E-state index is 0.239. The second kappa shape index (κ2) is 2.93. The summed E-state index contributed by atoms with van der Waals surface area (Å²) in [5.74, 6) is -0.759. The lowest BCUT2D eigenvalue weighted by molar-refractivity contribution is -0.152. The Morgan fingerprint density at radius 3 is 2.67 bits per heavy atom. The van der Waals surface area contributed by atoms with E-state index in [9.17, 15) is 9.59 Å². The number of ketones is 1. The first kappa shape index (κ1) is 8.71. The fraction of sp³-hybridized carbons (Fsp3) is 0.333. The summed E-state index contributed by atoms with van der Waals surface area (Å²) in [4.78, 5) is 22.4. The van der Waals surface area contributed by atoms with E-state index >= 15 is 0 Å². The number of esters is 1. The standard InChI is InChI=1S/C9H10O3/c1-9(8(11)12-2)6-4-3-5-7(9)10/h3-6H,1-2H3. The molecule has 0 aromatic heterocycles. The van der Waals surface area contributed by atoms with Crippen molar-refractivity contribution < 1.29 is 14.3 Å². The third kappa shape index (κ3) is 1.18. The van der Waals surface area contributed by atoms with E-state index in [1.165, 1.54) is 13.2 Å². The van der Waals surface area contributed by atoms with E-state index in [-0.39, 0.29) is 5.78 Å². The van der Waals surface area contributed by atoms with E-state index in [1.807, 2.05) is 0 Å². The molecule has 0 radical (unpaired) electrons. The average molecular weight is 166 g/mol. The predicted octanol–water partition coefficient (Wildman–Crippen LogP) is 0.861. The highest BCUT2D eigenvalue weighted by molar-refractivity contribution is 6.11. The number of carbonyl (C=O) groups excluding carboxylic acids is 2. The molecule has 0 bridgehead atoms. The SMILES string of the molecule is COC(=O)C1(C)C=CC=CC1=O. The molecule has 0 N–H and O–H groups in total. The van der Waals surface area contributed by atoms with Gasteiger partial charge in [0.2, 0.25) is 0 Å². The number of ether oxygens (including phenoxy) is 1. The highest BCUT2D eigenvalue weighted by atomic mass is 16.5. The van der Waals surface area contributed by atoms with E-state index in [0.717, 1.165) is 0 Å². The molecule has 1 aliphatic carbocycles. The van der Waals surface area contributed by atoms with Crippen LogP contribution in [0.25, 0.3) is 0 Å². The Morgan fingerprint density at radius 2 is 2.17 bits per heavy atom. The molecule has 1 aliphatic rings. The van der Waals surface area contributed by atoms with Crippen molar-refractivity contribution in [3.8, 4) is 0 Å². The Kier molecular flexibility index (Phi) is 2.13. The lowest BCUT2D eigenvalue weighted by Gasteiger charge is -2.20. The van der Waals surface area contributed by atoms with Crippen LogP contribution in [0, 0.1) is 5.41 Å². The van der Waals surface area contributed by atoms with Crippen molar-refractivity contribution in [1.29, 1.82) is 0 Å². The Balaban J connectivity index is 2.98. The van der Waals surface area contributed by atoms with Crippen molar-refractivity contribution in [1.82, 2.24) is 0 Å². The van der Waals surface area contributed by atoms with Crippen molar-refractivity contribution in [3.05, 3.63) is 24.3 Å². The Morgan fingerprint density at radius 1 is 1.50 bits per heavy atom.